The standard InChI is InChI=1S/C29H31N3O6S/c1-5-37-29(34)22-11-9-21(10-12-22)24-14-13-23(27(33)32-39(35,36)25-8-6-7-15-30-25)28(31-24)38-26-19(3)16-18(2)17-20(26)4/h6-9,13-17,22H,5,10-12H2,1-4H3,(H,32,33). The first kappa shape index (κ1) is 28.0. The van der Waals surface area contributed by atoms with Gasteiger partial charge in [0.1, 0.15) is 11.3 Å². The van der Waals surface area contributed by atoms with E-state index < -0.39 is 15.9 Å². The van der Waals surface area contributed by atoms with Crippen LogP contribution in [-0.2, 0) is 19.6 Å². The summed E-state index contributed by atoms with van der Waals surface area (Å²) in [6.07, 6.45) is 5.01. The van der Waals surface area contributed by atoms with Crippen molar-refractivity contribution >= 4 is 27.5 Å². The highest BCUT2D eigenvalue weighted by molar-refractivity contribution is 7.90. The zero-order chi connectivity index (χ0) is 28.2. The largest absolute Gasteiger partial charge is 0.466 e. The van der Waals surface area contributed by atoms with E-state index in [0.717, 1.165) is 22.3 Å². The van der Waals surface area contributed by atoms with Gasteiger partial charge in [0.05, 0.1) is 18.2 Å². The summed E-state index contributed by atoms with van der Waals surface area (Å²) in [4.78, 5) is 33.9. The van der Waals surface area contributed by atoms with Gasteiger partial charge in [-0.1, -0.05) is 29.8 Å². The highest BCUT2D eigenvalue weighted by atomic mass is 32.2. The highest BCUT2D eigenvalue weighted by Crippen LogP contribution is 2.35. The van der Waals surface area contributed by atoms with Gasteiger partial charge in [0.2, 0.25) is 5.88 Å². The first-order valence-corrected chi connectivity index (χ1v) is 14.2. The zero-order valence-electron chi connectivity index (χ0n) is 22.4. The molecule has 0 radical (unpaired) electrons. The third-order valence-electron chi connectivity index (χ3n) is 6.41. The lowest BCUT2D eigenvalue weighted by molar-refractivity contribution is -0.148. The molecule has 39 heavy (non-hydrogen) atoms. The number of hydrogen-bond donors (Lipinski definition) is 1. The molecule has 1 aliphatic carbocycles. The average molecular weight is 550 g/mol. The second-order valence-corrected chi connectivity index (χ2v) is 11.1. The maximum atomic E-state index is 13.2. The SMILES string of the molecule is CCOC(=O)C1CC=C(c2ccc(C(=O)NS(=O)(=O)c3ccccn3)c(Oc3c(C)cc(C)cc3C)n2)CC1. The molecule has 0 fully saturated rings. The van der Waals surface area contributed by atoms with Gasteiger partial charge >= 0.3 is 5.97 Å². The van der Waals surface area contributed by atoms with Gasteiger partial charge < -0.3 is 9.47 Å². The normalized spacial score (nSPS) is 15.3. The third kappa shape index (κ3) is 6.51. The highest BCUT2D eigenvalue weighted by Gasteiger charge is 2.27. The summed E-state index contributed by atoms with van der Waals surface area (Å²) in [5.74, 6) is -0.797. The van der Waals surface area contributed by atoms with Crippen LogP contribution in [0, 0.1) is 26.7 Å². The van der Waals surface area contributed by atoms with E-state index in [1.807, 2.05) is 39.0 Å². The third-order valence-corrected chi connectivity index (χ3v) is 7.65. The molecule has 3 aromatic rings. The van der Waals surface area contributed by atoms with Crippen LogP contribution < -0.4 is 9.46 Å². The monoisotopic (exact) mass is 549 g/mol. The molecular formula is C29H31N3O6S. The Hall–Kier alpha value is -4.05. The van der Waals surface area contributed by atoms with Crippen molar-refractivity contribution in [1.29, 1.82) is 0 Å². The van der Waals surface area contributed by atoms with Crippen LogP contribution in [0.2, 0.25) is 0 Å². The molecule has 204 valence electrons. The lowest BCUT2D eigenvalue weighted by Gasteiger charge is -2.21. The zero-order valence-corrected chi connectivity index (χ0v) is 23.2. The van der Waals surface area contributed by atoms with E-state index in [9.17, 15) is 18.0 Å². The first-order valence-electron chi connectivity index (χ1n) is 12.7. The van der Waals surface area contributed by atoms with Crippen molar-refractivity contribution in [3.8, 4) is 11.6 Å². The van der Waals surface area contributed by atoms with Crippen molar-refractivity contribution in [1.82, 2.24) is 14.7 Å². The maximum Gasteiger partial charge on any atom is 0.309 e. The number of ether oxygens (including phenoxy) is 2. The van der Waals surface area contributed by atoms with Gasteiger partial charge in [-0.25, -0.2) is 14.7 Å². The molecule has 4 rings (SSSR count). The predicted octanol–water partition coefficient (Wildman–Crippen LogP) is 5.06. The van der Waals surface area contributed by atoms with E-state index in [1.165, 1.54) is 24.4 Å². The van der Waals surface area contributed by atoms with Crippen LogP contribution in [0.25, 0.3) is 5.57 Å². The van der Waals surface area contributed by atoms with Gasteiger partial charge in [-0.05, 0) is 87.9 Å². The van der Waals surface area contributed by atoms with Crippen molar-refractivity contribution in [3.05, 3.63) is 82.7 Å². The Kier molecular flexibility index (Phi) is 8.44. The molecule has 0 saturated carbocycles. The van der Waals surface area contributed by atoms with Crippen molar-refractivity contribution in [3.63, 3.8) is 0 Å². The Bertz CT molecular complexity index is 1510. The number of benzene rings is 1. The number of rotatable bonds is 8. The van der Waals surface area contributed by atoms with Crippen molar-refractivity contribution < 1.29 is 27.5 Å². The fourth-order valence-corrected chi connectivity index (χ4v) is 5.49. The van der Waals surface area contributed by atoms with Gasteiger partial charge in [0, 0.05) is 6.20 Å². The van der Waals surface area contributed by atoms with Crippen molar-refractivity contribution in [2.45, 2.75) is 52.0 Å². The fourth-order valence-electron chi connectivity index (χ4n) is 4.57. The lowest BCUT2D eigenvalue weighted by atomic mass is 9.88. The number of hydrogen-bond acceptors (Lipinski definition) is 8. The molecule has 0 aliphatic heterocycles. The van der Waals surface area contributed by atoms with Crippen LogP contribution in [-0.4, -0.2) is 36.9 Å². The summed E-state index contributed by atoms with van der Waals surface area (Å²) in [5.41, 5.74) is 4.20. The number of nitrogens with one attached hydrogen (secondary N) is 1. The topological polar surface area (TPSA) is 125 Å². The van der Waals surface area contributed by atoms with E-state index in [2.05, 4.69) is 14.7 Å². The molecule has 0 spiro atoms. The number of sulfonamides is 1. The molecule has 1 unspecified atom stereocenters. The number of aryl methyl sites for hydroxylation is 3. The Morgan fingerprint density at radius 1 is 1.08 bits per heavy atom. The molecule has 1 aromatic carbocycles. The number of pyridine rings is 2. The molecule has 1 N–H and O–H groups in total. The van der Waals surface area contributed by atoms with Gasteiger partial charge in [-0.15, -0.1) is 0 Å². The minimum Gasteiger partial charge on any atom is -0.466 e. The van der Waals surface area contributed by atoms with Gasteiger partial charge in [0.25, 0.3) is 15.9 Å². The van der Waals surface area contributed by atoms with E-state index in [0.29, 0.717) is 37.3 Å². The van der Waals surface area contributed by atoms with Crippen LogP contribution in [0.4, 0.5) is 0 Å². The Morgan fingerprint density at radius 3 is 2.44 bits per heavy atom. The van der Waals surface area contributed by atoms with E-state index in [1.54, 1.807) is 19.1 Å². The van der Waals surface area contributed by atoms with Crippen LogP contribution >= 0.6 is 0 Å². The van der Waals surface area contributed by atoms with Crippen LogP contribution in [0.3, 0.4) is 0 Å². The molecule has 0 saturated heterocycles. The molecule has 2 aromatic heterocycles. The van der Waals surface area contributed by atoms with Gasteiger partial charge in [-0.2, -0.15) is 8.42 Å². The molecule has 1 atom stereocenters. The minimum atomic E-state index is -4.22. The summed E-state index contributed by atoms with van der Waals surface area (Å²) in [6.45, 7) is 7.88. The van der Waals surface area contributed by atoms with Crippen LogP contribution in [0.5, 0.6) is 11.6 Å². The number of carbonyl (C=O) groups excluding carboxylic acids is 2. The van der Waals surface area contributed by atoms with E-state index in [4.69, 9.17) is 9.47 Å². The number of esters is 1. The van der Waals surface area contributed by atoms with Gasteiger partial charge in [0.15, 0.2) is 5.03 Å². The Balaban J connectivity index is 1.69. The lowest BCUT2D eigenvalue weighted by Crippen LogP contribution is -2.31. The molecule has 2 heterocycles. The summed E-state index contributed by atoms with van der Waals surface area (Å²) in [7, 11) is -4.22. The minimum absolute atomic E-state index is 0.0234. The maximum absolute atomic E-state index is 13.2. The summed E-state index contributed by atoms with van der Waals surface area (Å²) in [5, 5.41) is -0.279. The molecule has 9 nitrogen and oxygen atoms in total. The molecule has 10 heteroatoms. The summed E-state index contributed by atoms with van der Waals surface area (Å²) >= 11 is 0. The predicted molar refractivity (Wildman–Crippen MR) is 146 cm³/mol. The molecule has 0 bridgehead atoms. The quantitative estimate of drug-likeness (QED) is 0.387. The van der Waals surface area contributed by atoms with E-state index in [-0.39, 0.29) is 28.4 Å². The number of aromatic nitrogens is 2. The Morgan fingerprint density at radius 2 is 1.82 bits per heavy atom. The van der Waals surface area contributed by atoms with Crippen LogP contribution in [0.15, 0.2) is 59.8 Å². The second kappa shape index (κ2) is 11.8. The fraction of sp³-hybridized carbons (Fsp3) is 0.310. The molecule has 1 amide bonds. The van der Waals surface area contributed by atoms with Crippen molar-refractivity contribution in [2.75, 3.05) is 6.61 Å². The second-order valence-electron chi connectivity index (χ2n) is 9.43. The summed E-state index contributed by atoms with van der Waals surface area (Å²) < 4.78 is 39.0. The first-order chi connectivity index (χ1) is 18.6. The summed E-state index contributed by atoms with van der Waals surface area (Å²) in [6, 6.07) is 11.5. The Labute approximate surface area is 228 Å². The van der Waals surface area contributed by atoms with Crippen molar-refractivity contribution in [2.24, 2.45) is 5.92 Å². The number of carbonyl (C=O) groups is 2. The van der Waals surface area contributed by atoms with E-state index >= 15 is 0 Å². The number of allylic oxidation sites excluding steroid dienone is 2. The number of nitrogens with zero attached hydrogens (tertiary/aromatic N) is 2. The molecule has 1 aliphatic rings. The van der Waals surface area contributed by atoms with Gasteiger partial charge in [-0.3, -0.25) is 9.59 Å². The van der Waals surface area contributed by atoms with Crippen LogP contribution in [0.1, 0.15) is 58.9 Å². The smallest absolute Gasteiger partial charge is 0.309 e. The average Bonchev–Trinajstić information content (AvgIpc) is 2.91. The number of amides is 1. The molecular weight excluding hydrogens is 518 g/mol.